The van der Waals surface area contributed by atoms with E-state index in [9.17, 15) is 23.5 Å². The Hall–Kier alpha value is -3.89. The Labute approximate surface area is 222 Å². The van der Waals surface area contributed by atoms with Crippen LogP contribution in [0.2, 0.25) is 5.02 Å². The van der Waals surface area contributed by atoms with Crippen LogP contribution in [0.4, 0.5) is 8.78 Å². The van der Waals surface area contributed by atoms with Gasteiger partial charge in [-0.25, -0.2) is 8.78 Å². The van der Waals surface area contributed by atoms with Gasteiger partial charge in [-0.2, -0.15) is 0 Å². The van der Waals surface area contributed by atoms with Crippen LogP contribution in [-0.2, 0) is 12.2 Å². The van der Waals surface area contributed by atoms with Crippen molar-refractivity contribution in [2.24, 2.45) is 4.99 Å². The molecule has 0 aliphatic heterocycles. The molecule has 1 N–H and O–H groups in total. The summed E-state index contributed by atoms with van der Waals surface area (Å²) in [6.45, 7) is 9.87. The molecule has 0 aliphatic carbocycles. The number of ether oxygens (including phenoxy) is 1. The number of hydrogen-bond donors (Lipinski definition) is 1. The van der Waals surface area contributed by atoms with Crippen LogP contribution in [-0.4, -0.2) is 32.1 Å². The van der Waals surface area contributed by atoms with E-state index in [2.05, 4.69) is 16.6 Å². The molecule has 0 fully saturated rings. The predicted molar refractivity (Wildman–Crippen MR) is 143 cm³/mol. The average molecular weight is 545 g/mol. The lowest BCUT2D eigenvalue weighted by atomic mass is 10.0. The zero-order valence-electron chi connectivity index (χ0n) is 21.6. The number of hydrogen-bond acceptors (Lipinski definition) is 6. The van der Waals surface area contributed by atoms with E-state index in [1.54, 1.807) is 19.9 Å². The molecule has 8 nitrogen and oxygen atoms in total. The fourth-order valence-electron chi connectivity index (χ4n) is 3.66. The molecule has 0 radical (unpaired) electrons. The fraction of sp³-hybridized carbons (Fsp3) is 0.259. The maximum atomic E-state index is 13.9. The summed E-state index contributed by atoms with van der Waals surface area (Å²) in [5.74, 6) is -1.56. The summed E-state index contributed by atoms with van der Waals surface area (Å²) in [7, 11) is 1.48. The normalized spacial score (nSPS) is 12.6. The van der Waals surface area contributed by atoms with Gasteiger partial charge in [-0.15, -0.1) is 0 Å². The lowest BCUT2D eigenvalue weighted by molar-refractivity contribution is 0.0768. The van der Waals surface area contributed by atoms with E-state index in [0.29, 0.717) is 23.0 Å². The van der Waals surface area contributed by atoms with Crippen molar-refractivity contribution in [1.82, 2.24) is 14.1 Å². The fourth-order valence-corrected chi connectivity index (χ4v) is 3.86. The van der Waals surface area contributed by atoms with Crippen LogP contribution in [0.5, 0.6) is 5.75 Å². The van der Waals surface area contributed by atoms with Gasteiger partial charge in [0.25, 0.3) is 11.1 Å². The molecule has 3 heterocycles. The Morgan fingerprint density at radius 1 is 1.29 bits per heavy atom. The maximum absolute atomic E-state index is 13.9. The number of aromatic nitrogens is 3. The predicted octanol–water partition coefficient (Wildman–Crippen LogP) is 4.45. The number of aryl methyl sites for hydroxylation is 1. The quantitative estimate of drug-likeness (QED) is 0.269. The molecular formula is C27H27ClF2N4O4. The van der Waals surface area contributed by atoms with Gasteiger partial charge in [-0.3, -0.25) is 28.7 Å². The highest BCUT2D eigenvalue weighted by atomic mass is 35.5. The smallest absolute Gasteiger partial charge is 0.277 e. The monoisotopic (exact) mass is 544 g/mol. The van der Waals surface area contributed by atoms with Gasteiger partial charge in [0.05, 0.1) is 17.5 Å². The molecule has 3 aromatic heterocycles. The van der Waals surface area contributed by atoms with Crippen molar-refractivity contribution in [3.8, 4) is 5.75 Å². The van der Waals surface area contributed by atoms with Gasteiger partial charge in [-0.05, 0) is 45.4 Å². The minimum atomic E-state index is -1.39. The van der Waals surface area contributed by atoms with E-state index in [0.717, 1.165) is 6.20 Å². The summed E-state index contributed by atoms with van der Waals surface area (Å²) < 4.78 is 35.1. The molecule has 0 aliphatic rings. The number of halogens is 3. The maximum Gasteiger partial charge on any atom is 0.277 e. The largest absolute Gasteiger partial charge is 0.485 e. The molecule has 200 valence electrons. The Kier molecular flexibility index (Phi) is 8.48. The van der Waals surface area contributed by atoms with Crippen molar-refractivity contribution in [2.45, 2.75) is 39.9 Å². The van der Waals surface area contributed by atoms with E-state index in [-0.39, 0.29) is 34.5 Å². The molecule has 11 heteroatoms. The van der Waals surface area contributed by atoms with E-state index in [4.69, 9.17) is 16.3 Å². The molecule has 3 rings (SSSR count). The van der Waals surface area contributed by atoms with Crippen molar-refractivity contribution in [1.29, 1.82) is 0 Å². The first kappa shape index (κ1) is 28.7. The summed E-state index contributed by atoms with van der Waals surface area (Å²) in [6.07, 6.45) is 3.85. The van der Waals surface area contributed by atoms with Gasteiger partial charge >= 0.3 is 0 Å². The molecule has 0 spiro atoms. The van der Waals surface area contributed by atoms with E-state index >= 15 is 0 Å². The van der Waals surface area contributed by atoms with Crippen molar-refractivity contribution in [3.05, 3.63) is 109 Å². The van der Waals surface area contributed by atoms with Gasteiger partial charge in [0, 0.05) is 42.7 Å². The van der Waals surface area contributed by atoms with Crippen LogP contribution in [0.25, 0.3) is 5.70 Å². The van der Waals surface area contributed by atoms with Crippen LogP contribution < -0.4 is 15.9 Å². The lowest BCUT2D eigenvalue weighted by Gasteiger charge is -2.19. The van der Waals surface area contributed by atoms with Crippen LogP contribution in [0, 0.1) is 18.6 Å². The molecule has 0 amide bonds. The van der Waals surface area contributed by atoms with Crippen molar-refractivity contribution in [3.63, 3.8) is 0 Å². The minimum Gasteiger partial charge on any atom is -0.485 e. The zero-order chi connectivity index (χ0) is 28.4. The number of nitrogens with zero attached hydrogens (tertiary/aromatic N) is 4. The second-order valence-electron chi connectivity index (χ2n) is 9.02. The highest BCUT2D eigenvalue weighted by Crippen LogP contribution is 2.26. The highest BCUT2D eigenvalue weighted by Gasteiger charge is 2.22. The van der Waals surface area contributed by atoms with Gasteiger partial charge in [0.15, 0.2) is 5.82 Å². The van der Waals surface area contributed by atoms with E-state index < -0.39 is 28.4 Å². The third kappa shape index (κ3) is 5.98. The summed E-state index contributed by atoms with van der Waals surface area (Å²) in [6, 6.07) is 5.28. The Morgan fingerprint density at radius 2 is 1.97 bits per heavy atom. The molecule has 0 unspecified atom stereocenters. The molecule has 0 saturated heterocycles. The molecule has 0 atom stereocenters. The first-order valence-corrected chi connectivity index (χ1v) is 11.8. The van der Waals surface area contributed by atoms with Crippen molar-refractivity contribution < 1.29 is 18.6 Å². The van der Waals surface area contributed by atoms with E-state index in [1.807, 2.05) is 0 Å². The molecule has 0 aromatic carbocycles. The van der Waals surface area contributed by atoms with Gasteiger partial charge in [0.2, 0.25) is 0 Å². The van der Waals surface area contributed by atoms with Crippen LogP contribution in [0.3, 0.4) is 0 Å². The second kappa shape index (κ2) is 11.2. The van der Waals surface area contributed by atoms with Crippen LogP contribution in [0.1, 0.15) is 37.7 Å². The molecule has 38 heavy (non-hydrogen) atoms. The standard InChI is InChI=1S/C27H27ClF2N4O4/c1-15(2)21(12-23(31-6)33-9-7-8-18(25(33)35)27(4,5)37)34-16(3)10-22(24(28)26(34)36)38-14-20-19(30)11-17(29)13-32-20/h7-13,37H,1,14H2,2-6H3/b21-12+,31-23+. The van der Waals surface area contributed by atoms with Gasteiger partial charge in [0.1, 0.15) is 34.7 Å². The van der Waals surface area contributed by atoms with Gasteiger partial charge < -0.3 is 9.84 Å². The number of rotatable bonds is 7. The molecule has 0 saturated carbocycles. The molecule has 0 bridgehead atoms. The average Bonchev–Trinajstić information content (AvgIpc) is 2.83. The Bertz CT molecular complexity index is 1580. The third-order valence-corrected chi connectivity index (χ3v) is 5.92. The van der Waals surface area contributed by atoms with E-state index in [1.165, 1.54) is 54.4 Å². The van der Waals surface area contributed by atoms with Gasteiger partial charge in [-0.1, -0.05) is 18.2 Å². The summed E-state index contributed by atoms with van der Waals surface area (Å²) >= 11 is 6.33. The number of aliphatic hydroxyl groups is 1. The van der Waals surface area contributed by atoms with Crippen molar-refractivity contribution >= 4 is 23.1 Å². The molecular weight excluding hydrogens is 518 g/mol. The number of allylic oxidation sites excluding steroid dienone is 3. The highest BCUT2D eigenvalue weighted by molar-refractivity contribution is 6.31. The Balaban J connectivity index is 2.08. The number of pyridine rings is 3. The minimum absolute atomic E-state index is 0.0181. The SMILES string of the molecule is C=C(C)/C(=C\C(=N/C)n1cccc(C(C)(C)O)c1=O)n1c(C)cc(OCc2ncc(F)cc2F)c(Cl)c1=O. The van der Waals surface area contributed by atoms with Crippen LogP contribution >= 0.6 is 11.6 Å². The second-order valence-corrected chi connectivity index (χ2v) is 9.40. The first-order valence-electron chi connectivity index (χ1n) is 11.4. The molecule has 3 aromatic rings. The lowest BCUT2D eigenvalue weighted by Crippen LogP contribution is -2.34. The third-order valence-electron chi connectivity index (χ3n) is 5.57. The van der Waals surface area contributed by atoms with Crippen molar-refractivity contribution in [2.75, 3.05) is 7.05 Å². The first-order chi connectivity index (χ1) is 17.8. The Morgan fingerprint density at radius 3 is 2.55 bits per heavy atom. The summed E-state index contributed by atoms with van der Waals surface area (Å²) in [5, 5.41) is 10.1. The summed E-state index contributed by atoms with van der Waals surface area (Å²) in [5.41, 5.74) is -1.36. The zero-order valence-corrected chi connectivity index (χ0v) is 22.3. The number of aliphatic imine (C=N–C) groups is 1. The van der Waals surface area contributed by atoms with Crippen LogP contribution in [0.15, 0.2) is 69.5 Å². The topological polar surface area (TPSA) is 98.7 Å². The summed E-state index contributed by atoms with van der Waals surface area (Å²) in [4.78, 5) is 34.3.